The van der Waals surface area contributed by atoms with Crippen LogP contribution in [0.4, 0.5) is 0 Å². The van der Waals surface area contributed by atoms with Crippen LogP contribution in [0.2, 0.25) is 0 Å². The molecule has 0 N–H and O–H groups in total. The highest BCUT2D eigenvalue weighted by Crippen LogP contribution is 2.31. The van der Waals surface area contributed by atoms with Crippen LogP contribution in [0.15, 0.2) is 76.1 Å². The maximum absolute atomic E-state index is 12.4. The second-order valence-electron chi connectivity index (χ2n) is 6.70. The predicted molar refractivity (Wildman–Crippen MR) is 118 cm³/mol. The summed E-state index contributed by atoms with van der Waals surface area (Å²) in [5, 5.41) is 0.778. The number of furan rings is 1. The number of benzene rings is 2. The highest BCUT2D eigenvalue weighted by Gasteiger charge is 2.17. The second-order valence-corrected chi connectivity index (χ2v) is 9.88. The number of nitrogens with zero attached hydrogens (tertiary/aromatic N) is 2. The molecule has 0 amide bonds. The molecule has 0 radical (unpaired) electrons. The molecule has 2 aromatic carbocycles. The topological polar surface area (TPSA) is 80.5 Å². The number of allylic oxidation sites excluding steroid dienone is 1. The van der Waals surface area contributed by atoms with E-state index in [0.29, 0.717) is 17.1 Å². The van der Waals surface area contributed by atoms with Gasteiger partial charge in [-0.1, -0.05) is 12.1 Å². The number of carbonyl (C=O) groups excluding carboxylic acids is 1. The first-order valence-electron chi connectivity index (χ1n) is 9.05. The van der Waals surface area contributed by atoms with E-state index in [1.807, 2.05) is 30.3 Å². The second kappa shape index (κ2) is 7.98. The largest absolute Gasteiger partial charge is 0.454 e. The molecule has 0 saturated heterocycles. The zero-order valence-corrected chi connectivity index (χ0v) is 17.9. The van der Waals surface area contributed by atoms with Crippen LogP contribution in [0, 0.1) is 0 Å². The van der Waals surface area contributed by atoms with Gasteiger partial charge in [-0.25, -0.2) is 17.7 Å². The van der Waals surface area contributed by atoms with Crippen LogP contribution in [0.3, 0.4) is 0 Å². The van der Waals surface area contributed by atoms with E-state index in [9.17, 15) is 13.2 Å². The summed E-state index contributed by atoms with van der Waals surface area (Å²) in [6, 6.07) is 17.3. The number of fused-ring (bicyclic) bond motifs is 1. The summed E-state index contributed by atoms with van der Waals surface area (Å²) >= 11 is 1.54. The van der Waals surface area contributed by atoms with Gasteiger partial charge in [-0.3, -0.25) is 4.79 Å². The Kier molecular flexibility index (Phi) is 5.38. The number of carbonyl (C=O) groups is 1. The number of hydrogen-bond donors (Lipinski definition) is 0. The Morgan fingerprint density at radius 2 is 1.77 bits per heavy atom. The molecule has 0 saturated carbocycles. The average Bonchev–Trinajstić information content (AvgIpc) is 3.38. The monoisotopic (exact) mass is 438 g/mol. The number of sulfonamides is 1. The van der Waals surface area contributed by atoms with Crippen LogP contribution in [0.1, 0.15) is 16.1 Å². The van der Waals surface area contributed by atoms with Gasteiger partial charge in [0, 0.05) is 19.7 Å². The van der Waals surface area contributed by atoms with Crippen molar-refractivity contribution < 1.29 is 17.6 Å². The van der Waals surface area contributed by atoms with Crippen LogP contribution in [-0.2, 0) is 10.0 Å². The molecular formula is C22H18N2O4S2. The van der Waals surface area contributed by atoms with Gasteiger partial charge >= 0.3 is 0 Å². The quantitative estimate of drug-likeness (QED) is 0.322. The Labute approximate surface area is 178 Å². The third kappa shape index (κ3) is 3.97. The molecule has 0 aliphatic carbocycles. The van der Waals surface area contributed by atoms with Crippen LogP contribution >= 0.6 is 11.3 Å². The molecule has 0 spiro atoms. The molecule has 2 aromatic heterocycles. The minimum Gasteiger partial charge on any atom is -0.454 e. The van der Waals surface area contributed by atoms with E-state index in [4.69, 9.17) is 4.42 Å². The first-order chi connectivity index (χ1) is 14.3. The molecule has 6 nitrogen and oxygen atoms in total. The Morgan fingerprint density at radius 3 is 2.47 bits per heavy atom. The summed E-state index contributed by atoms with van der Waals surface area (Å²) in [4.78, 5) is 17.1. The molecule has 8 heteroatoms. The van der Waals surface area contributed by atoms with Crippen molar-refractivity contribution in [1.82, 2.24) is 9.29 Å². The Bertz CT molecular complexity index is 1310. The number of rotatable bonds is 6. The fourth-order valence-corrected chi connectivity index (χ4v) is 4.62. The van der Waals surface area contributed by atoms with E-state index >= 15 is 0 Å². The highest BCUT2D eigenvalue weighted by molar-refractivity contribution is 7.89. The molecule has 0 aliphatic rings. The maximum Gasteiger partial charge on any atom is 0.242 e. The Balaban J connectivity index is 1.49. The Morgan fingerprint density at radius 1 is 1.03 bits per heavy atom. The van der Waals surface area contributed by atoms with Gasteiger partial charge in [0.2, 0.25) is 10.0 Å². The summed E-state index contributed by atoms with van der Waals surface area (Å²) in [5.41, 5.74) is 1.31. The van der Waals surface area contributed by atoms with Crippen LogP contribution in [0.5, 0.6) is 0 Å². The molecular weight excluding hydrogens is 420 g/mol. The molecule has 30 heavy (non-hydrogen) atoms. The highest BCUT2D eigenvalue weighted by atomic mass is 32.2. The summed E-state index contributed by atoms with van der Waals surface area (Å²) in [5.74, 6) is 0.924. The molecule has 152 valence electrons. The summed E-state index contributed by atoms with van der Waals surface area (Å²) in [7, 11) is -0.601. The summed E-state index contributed by atoms with van der Waals surface area (Å²) < 4.78 is 32.2. The van der Waals surface area contributed by atoms with Gasteiger partial charge in [-0.2, -0.15) is 0 Å². The smallest absolute Gasteiger partial charge is 0.242 e. The molecule has 0 unspecified atom stereocenters. The van der Waals surface area contributed by atoms with Crippen molar-refractivity contribution in [2.24, 2.45) is 0 Å². The van der Waals surface area contributed by atoms with Gasteiger partial charge in [-0.15, -0.1) is 11.3 Å². The minimum atomic E-state index is -3.52. The van der Waals surface area contributed by atoms with E-state index in [1.165, 1.54) is 44.4 Å². The van der Waals surface area contributed by atoms with Crippen molar-refractivity contribution in [2.75, 3.05) is 14.1 Å². The lowest BCUT2D eigenvalue weighted by atomic mass is 10.1. The summed E-state index contributed by atoms with van der Waals surface area (Å²) in [6.45, 7) is 0. The number of ketones is 1. The average molecular weight is 439 g/mol. The van der Waals surface area contributed by atoms with Gasteiger partial charge in [0.15, 0.2) is 16.6 Å². The fraction of sp³-hybridized carbons (Fsp3) is 0.0909. The lowest BCUT2D eigenvalue weighted by molar-refractivity contribution is 0.104. The minimum absolute atomic E-state index is 0.138. The van der Waals surface area contributed by atoms with Crippen molar-refractivity contribution >= 4 is 43.4 Å². The van der Waals surface area contributed by atoms with Crippen molar-refractivity contribution in [1.29, 1.82) is 0 Å². The zero-order valence-electron chi connectivity index (χ0n) is 16.3. The maximum atomic E-state index is 12.4. The molecule has 2 heterocycles. The standard InChI is InChI=1S/C22H18N2O4S2/c1-24(2)30(26,27)17-11-7-15(8-12-17)19(25)13-9-16-10-14-20(28-16)22-23-18-5-3-4-6-21(18)29-22/h3-14H,1-2H3/b13-9+. The SMILES string of the molecule is CN(C)S(=O)(=O)c1ccc(C(=O)/C=C/c2ccc(-c3nc4ccccc4s3)o2)cc1. The van der Waals surface area contributed by atoms with Crippen LogP contribution in [0.25, 0.3) is 27.1 Å². The van der Waals surface area contributed by atoms with Gasteiger partial charge in [0.05, 0.1) is 15.1 Å². The normalized spacial score (nSPS) is 12.2. The van der Waals surface area contributed by atoms with Crippen molar-refractivity contribution in [3.05, 3.63) is 78.1 Å². The van der Waals surface area contributed by atoms with E-state index in [-0.39, 0.29) is 10.7 Å². The number of hydrogen-bond acceptors (Lipinski definition) is 6. The molecule has 4 rings (SSSR count). The van der Waals surface area contributed by atoms with Crippen molar-refractivity contribution in [3.8, 4) is 10.8 Å². The van der Waals surface area contributed by atoms with Crippen LogP contribution < -0.4 is 0 Å². The van der Waals surface area contributed by atoms with E-state index < -0.39 is 10.0 Å². The van der Waals surface area contributed by atoms with E-state index in [0.717, 1.165) is 19.5 Å². The van der Waals surface area contributed by atoms with E-state index in [2.05, 4.69) is 4.98 Å². The number of para-hydroxylation sites is 1. The lowest BCUT2D eigenvalue weighted by Gasteiger charge is -2.11. The summed E-state index contributed by atoms with van der Waals surface area (Å²) in [6.07, 6.45) is 2.99. The van der Waals surface area contributed by atoms with Gasteiger partial charge in [-0.05, 0) is 60.7 Å². The van der Waals surface area contributed by atoms with Gasteiger partial charge < -0.3 is 4.42 Å². The first kappa shape index (κ1) is 20.2. The third-order valence-electron chi connectivity index (χ3n) is 4.45. The first-order valence-corrected chi connectivity index (χ1v) is 11.3. The van der Waals surface area contributed by atoms with Gasteiger partial charge in [0.25, 0.3) is 0 Å². The van der Waals surface area contributed by atoms with Crippen molar-refractivity contribution in [2.45, 2.75) is 4.90 Å². The third-order valence-corrected chi connectivity index (χ3v) is 7.33. The number of thiazole rings is 1. The molecule has 0 aliphatic heterocycles. The predicted octanol–water partition coefficient (Wildman–Crippen LogP) is 4.70. The molecule has 4 aromatic rings. The number of aromatic nitrogens is 1. The zero-order chi connectivity index (χ0) is 21.3. The molecule has 0 fully saturated rings. The van der Waals surface area contributed by atoms with E-state index in [1.54, 1.807) is 23.5 Å². The van der Waals surface area contributed by atoms with Gasteiger partial charge in [0.1, 0.15) is 5.76 Å². The Hall–Kier alpha value is -3.07. The van der Waals surface area contributed by atoms with Crippen molar-refractivity contribution in [3.63, 3.8) is 0 Å². The lowest BCUT2D eigenvalue weighted by Crippen LogP contribution is -2.22. The molecule has 0 atom stereocenters. The molecule has 0 bridgehead atoms. The van der Waals surface area contributed by atoms with Crippen LogP contribution in [-0.4, -0.2) is 37.6 Å². The fourth-order valence-electron chi connectivity index (χ4n) is 2.79.